The topological polar surface area (TPSA) is 96.1 Å². The molecule has 156 valence electrons. The smallest absolute Gasteiger partial charge is 0.288 e. The zero-order valence-electron chi connectivity index (χ0n) is 17.0. The van der Waals surface area contributed by atoms with Gasteiger partial charge in [-0.15, -0.1) is 0 Å². The highest BCUT2D eigenvalue weighted by Crippen LogP contribution is 2.27. The number of rotatable bonds is 6. The van der Waals surface area contributed by atoms with Crippen molar-refractivity contribution in [3.05, 3.63) is 95.4 Å². The fourth-order valence-electron chi connectivity index (χ4n) is 3.31. The molecule has 0 aliphatic rings. The Hall–Kier alpha value is -4.13. The Morgan fingerprint density at radius 3 is 2.58 bits per heavy atom. The first-order valence-corrected chi connectivity index (χ1v) is 9.88. The van der Waals surface area contributed by atoms with Crippen molar-refractivity contribution in [2.24, 2.45) is 0 Å². The van der Waals surface area contributed by atoms with Crippen LogP contribution >= 0.6 is 0 Å². The van der Waals surface area contributed by atoms with E-state index < -0.39 is 5.91 Å². The average Bonchev–Trinajstić information content (AvgIpc) is 3.11. The normalized spacial score (nSPS) is 10.6. The highest BCUT2D eigenvalue weighted by molar-refractivity contribution is 5.95. The second kappa shape index (κ2) is 9.13. The fraction of sp³-hybridized carbons (Fsp3) is 0.125. The van der Waals surface area contributed by atoms with E-state index in [0.717, 1.165) is 33.5 Å². The van der Waals surface area contributed by atoms with Crippen LogP contribution in [-0.2, 0) is 17.8 Å². The van der Waals surface area contributed by atoms with Crippen LogP contribution in [0.15, 0.2) is 72.9 Å². The Kier molecular flexibility index (Phi) is 5.93. The number of fused-ring (bicyclic) bond motifs is 1. The molecule has 4 aromatic rings. The summed E-state index contributed by atoms with van der Waals surface area (Å²) in [5, 5.41) is 0.911. The number of aromatic amines is 1. The molecule has 7 nitrogen and oxygen atoms in total. The van der Waals surface area contributed by atoms with Crippen molar-refractivity contribution in [2.75, 3.05) is 0 Å². The van der Waals surface area contributed by atoms with Gasteiger partial charge in [0.15, 0.2) is 0 Å². The Labute approximate surface area is 179 Å². The zero-order chi connectivity index (χ0) is 21.6. The number of carbonyl (C=O) groups is 2. The summed E-state index contributed by atoms with van der Waals surface area (Å²) in [5.41, 5.74) is 8.81. The summed E-state index contributed by atoms with van der Waals surface area (Å²) < 4.78 is 5.92. The largest absolute Gasteiger partial charge is 0.489 e. The molecule has 0 aliphatic carbocycles. The predicted molar refractivity (Wildman–Crippen MR) is 117 cm³/mol. The Morgan fingerprint density at radius 2 is 1.81 bits per heavy atom. The number of aryl methyl sites for hydroxylation is 1. The van der Waals surface area contributed by atoms with Gasteiger partial charge < -0.3 is 9.72 Å². The Morgan fingerprint density at radius 1 is 1.00 bits per heavy atom. The van der Waals surface area contributed by atoms with E-state index in [1.807, 2.05) is 55.5 Å². The van der Waals surface area contributed by atoms with Crippen molar-refractivity contribution >= 4 is 22.7 Å². The molecular formula is C24H22N4O3. The molecule has 4 rings (SSSR count). The molecule has 0 fully saturated rings. The summed E-state index contributed by atoms with van der Waals surface area (Å²) in [6.07, 6.45) is 1.62. The number of carbonyl (C=O) groups excluding carboxylic acids is 2. The Bertz CT molecular complexity index is 1200. The molecule has 7 heteroatoms. The highest BCUT2D eigenvalue weighted by atomic mass is 16.5. The SMILES string of the molecule is Cc1[nH]c2ccc(OCc3ccccc3)cc2c1CC(=O)NNC(=O)c1ccccn1. The summed E-state index contributed by atoms with van der Waals surface area (Å²) in [6.45, 7) is 2.38. The van der Waals surface area contributed by atoms with Gasteiger partial charge in [-0.3, -0.25) is 25.4 Å². The first-order chi connectivity index (χ1) is 15.1. The van der Waals surface area contributed by atoms with E-state index in [0.29, 0.717) is 6.61 Å². The summed E-state index contributed by atoms with van der Waals surface area (Å²) in [7, 11) is 0. The number of benzene rings is 2. The van der Waals surface area contributed by atoms with Crippen LogP contribution in [0, 0.1) is 6.92 Å². The number of aromatic nitrogens is 2. The molecule has 0 atom stereocenters. The van der Waals surface area contributed by atoms with Gasteiger partial charge in [0.2, 0.25) is 5.91 Å². The van der Waals surface area contributed by atoms with Gasteiger partial charge in [-0.25, -0.2) is 0 Å². The molecule has 0 bridgehead atoms. The van der Waals surface area contributed by atoms with Gasteiger partial charge in [0.25, 0.3) is 5.91 Å². The van der Waals surface area contributed by atoms with E-state index in [1.165, 1.54) is 6.20 Å². The van der Waals surface area contributed by atoms with Gasteiger partial charge in [-0.05, 0) is 48.4 Å². The second-order valence-electron chi connectivity index (χ2n) is 7.10. The lowest BCUT2D eigenvalue weighted by Gasteiger charge is -2.08. The molecule has 31 heavy (non-hydrogen) atoms. The quantitative estimate of drug-likeness (QED) is 0.421. The van der Waals surface area contributed by atoms with Crippen LogP contribution in [0.5, 0.6) is 5.75 Å². The van der Waals surface area contributed by atoms with Crippen molar-refractivity contribution in [1.82, 2.24) is 20.8 Å². The molecule has 0 radical (unpaired) electrons. The summed E-state index contributed by atoms with van der Waals surface area (Å²) in [5.74, 6) is -0.0782. The molecular weight excluding hydrogens is 392 g/mol. The second-order valence-corrected chi connectivity index (χ2v) is 7.10. The van der Waals surface area contributed by atoms with Crippen molar-refractivity contribution in [3.8, 4) is 5.75 Å². The first kappa shape index (κ1) is 20.2. The van der Waals surface area contributed by atoms with E-state index >= 15 is 0 Å². The molecule has 2 heterocycles. The standard InChI is InChI=1S/C24H22N4O3/c1-16-19(14-23(29)27-28-24(30)22-9-5-6-12-25-22)20-13-18(10-11-21(20)26-16)31-15-17-7-3-2-4-8-17/h2-13,26H,14-15H2,1H3,(H,27,29)(H,28,30). The first-order valence-electron chi connectivity index (χ1n) is 9.88. The van der Waals surface area contributed by atoms with E-state index in [2.05, 4.69) is 20.8 Å². The number of pyridine rings is 1. The van der Waals surface area contributed by atoms with Gasteiger partial charge in [0.1, 0.15) is 18.1 Å². The number of H-pyrrole nitrogens is 1. The van der Waals surface area contributed by atoms with Crippen molar-refractivity contribution in [2.45, 2.75) is 20.0 Å². The van der Waals surface area contributed by atoms with Crippen LogP contribution < -0.4 is 15.6 Å². The lowest BCUT2D eigenvalue weighted by molar-refractivity contribution is -0.121. The van der Waals surface area contributed by atoms with Crippen LogP contribution in [0.25, 0.3) is 10.9 Å². The summed E-state index contributed by atoms with van der Waals surface area (Å²) in [6, 6.07) is 20.7. The summed E-state index contributed by atoms with van der Waals surface area (Å²) >= 11 is 0. The van der Waals surface area contributed by atoms with Crippen LogP contribution in [0.3, 0.4) is 0 Å². The lowest BCUT2D eigenvalue weighted by Crippen LogP contribution is -2.42. The van der Waals surface area contributed by atoms with E-state index in [9.17, 15) is 9.59 Å². The maximum absolute atomic E-state index is 12.4. The van der Waals surface area contributed by atoms with Crippen LogP contribution in [-0.4, -0.2) is 21.8 Å². The average molecular weight is 414 g/mol. The molecule has 0 spiro atoms. The molecule has 0 saturated carbocycles. The molecule has 0 aliphatic heterocycles. The molecule has 0 unspecified atom stereocenters. The van der Waals surface area contributed by atoms with E-state index in [1.54, 1.807) is 18.2 Å². The highest BCUT2D eigenvalue weighted by Gasteiger charge is 2.15. The van der Waals surface area contributed by atoms with E-state index in [4.69, 9.17) is 4.74 Å². The fourth-order valence-corrected chi connectivity index (χ4v) is 3.31. The van der Waals surface area contributed by atoms with Gasteiger partial charge in [-0.1, -0.05) is 36.4 Å². The number of hydrazine groups is 1. The van der Waals surface area contributed by atoms with E-state index in [-0.39, 0.29) is 18.0 Å². The van der Waals surface area contributed by atoms with Crippen molar-refractivity contribution < 1.29 is 14.3 Å². The predicted octanol–water partition coefficient (Wildman–Crippen LogP) is 3.45. The Balaban J connectivity index is 1.43. The number of ether oxygens (including phenoxy) is 1. The number of nitrogens with zero attached hydrogens (tertiary/aromatic N) is 1. The minimum atomic E-state index is -0.471. The molecule has 2 aromatic heterocycles. The van der Waals surface area contributed by atoms with Crippen LogP contribution in [0.2, 0.25) is 0 Å². The third-order valence-corrected chi connectivity index (χ3v) is 4.89. The van der Waals surface area contributed by atoms with Gasteiger partial charge in [-0.2, -0.15) is 0 Å². The zero-order valence-corrected chi connectivity index (χ0v) is 17.0. The maximum Gasteiger partial charge on any atom is 0.288 e. The minimum absolute atomic E-state index is 0.108. The monoisotopic (exact) mass is 414 g/mol. The molecule has 2 amide bonds. The lowest BCUT2D eigenvalue weighted by atomic mass is 10.1. The number of amides is 2. The minimum Gasteiger partial charge on any atom is -0.489 e. The molecule has 0 saturated heterocycles. The van der Waals surface area contributed by atoms with Gasteiger partial charge >= 0.3 is 0 Å². The van der Waals surface area contributed by atoms with Crippen LogP contribution in [0.4, 0.5) is 0 Å². The third kappa shape index (κ3) is 4.90. The maximum atomic E-state index is 12.4. The van der Waals surface area contributed by atoms with Crippen molar-refractivity contribution in [3.63, 3.8) is 0 Å². The number of nitrogens with one attached hydrogen (secondary N) is 3. The van der Waals surface area contributed by atoms with Gasteiger partial charge in [0.05, 0.1) is 6.42 Å². The van der Waals surface area contributed by atoms with Crippen LogP contribution in [0.1, 0.15) is 27.3 Å². The molecule has 3 N–H and O–H groups in total. The summed E-state index contributed by atoms with van der Waals surface area (Å²) in [4.78, 5) is 31.7. The third-order valence-electron chi connectivity index (χ3n) is 4.89. The van der Waals surface area contributed by atoms with Gasteiger partial charge in [0, 0.05) is 22.8 Å². The van der Waals surface area contributed by atoms with Crippen molar-refractivity contribution in [1.29, 1.82) is 0 Å². The number of hydrogen-bond acceptors (Lipinski definition) is 4. The molecule has 2 aromatic carbocycles. The number of hydrogen-bond donors (Lipinski definition) is 3.